The Hall–Kier alpha value is 1.70. The first kappa shape index (κ1) is 25.3. The van der Waals surface area contributed by atoms with Crippen molar-refractivity contribution < 1.29 is 58.9 Å². The summed E-state index contributed by atoms with van der Waals surface area (Å²) in [6, 6.07) is 0. The quantitative estimate of drug-likeness (QED) is 0.540. The van der Waals surface area contributed by atoms with Gasteiger partial charge in [0.15, 0.2) is 0 Å². The first-order chi connectivity index (χ1) is 1.41. The summed E-state index contributed by atoms with van der Waals surface area (Å²) in [4.78, 5) is 0. The Morgan fingerprint density at radius 3 is 1.17 bits per heavy atom. The van der Waals surface area contributed by atoms with Crippen molar-refractivity contribution in [2.24, 2.45) is 0 Å². The summed E-state index contributed by atoms with van der Waals surface area (Å²) in [6.45, 7) is 0. The minimum atomic E-state index is -2.27. The van der Waals surface area contributed by atoms with Crippen molar-refractivity contribution in [2.45, 2.75) is 0 Å². The second-order valence-electron chi connectivity index (χ2n) is 0.0833. The van der Waals surface area contributed by atoms with Crippen molar-refractivity contribution in [1.82, 2.24) is 0 Å². The average Bonchev–Trinajstić information content (AvgIpc) is 0.918. The first-order valence-corrected chi connectivity index (χ1v) is 2.74. The number of hydrogen-bond acceptors (Lipinski definition) is 3. The van der Waals surface area contributed by atoms with E-state index in [4.69, 9.17) is 6.15 Å². The summed E-state index contributed by atoms with van der Waals surface area (Å²) in [5.41, 5.74) is 0. The molecule has 0 aliphatic heterocycles. The Morgan fingerprint density at radius 1 is 1.17 bits per heavy atom. The molecule has 0 aliphatic rings. The average molecular weight is 324 g/mol. The Labute approximate surface area is 78.7 Å². The summed E-state index contributed by atoms with van der Waals surface area (Å²) in [6.07, 6.45) is 0. The van der Waals surface area contributed by atoms with Crippen LogP contribution in [0.2, 0.25) is 0 Å². The fourth-order valence-corrected chi connectivity index (χ4v) is 0. The maximum atomic E-state index is 8.54. The van der Waals surface area contributed by atoms with Gasteiger partial charge in [0.05, 0.1) is 0 Å². The summed E-state index contributed by atoms with van der Waals surface area (Å²) >= 11 is -2.27. The van der Waals surface area contributed by atoms with E-state index in [9.17, 15) is 0 Å². The van der Waals surface area contributed by atoms with E-state index in [2.05, 4.69) is 0 Å². The number of rotatable bonds is 0. The van der Waals surface area contributed by atoms with Gasteiger partial charge in [0, 0.05) is 0 Å². The molecule has 6 heavy (non-hydrogen) atoms. The van der Waals surface area contributed by atoms with Crippen LogP contribution in [0.1, 0.15) is 0 Å². The molecule has 1 radical (unpaired) electrons. The van der Waals surface area contributed by atoms with Crippen LogP contribution in [-0.4, -0.2) is 26.6 Å². The fourth-order valence-electron chi connectivity index (χ4n) is 0. The zero-order valence-corrected chi connectivity index (χ0v) is 8.67. The molecular weight excluding hydrogens is 323 g/mol. The van der Waals surface area contributed by atoms with Crippen LogP contribution >= 0.6 is 0 Å². The predicted octanol–water partition coefficient (Wildman–Crippen LogP) is -0.914. The molecule has 0 fully saturated rings. The standard InChI is InChI=1S/Ce.H2O.3O.Sn/h;1H2;;;;/q+3;;;;-2;/p-1. The first-order valence-electron chi connectivity index (χ1n) is 0.408. The number of hydrogen-bond donors (Lipinski definition) is 0. The van der Waals surface area contributed by atoms with Gasteiger partial charge in [-0.2, -0.15) is 0 Å². The fraction of sp³-hybridized carbons (Fsp3) is 0. The van der Waals surface area contributed by atoms with Crippen LogP contribution in [0.25, 0.3) is 0 Å². The Kier molecular flexibility index (Phi) is 126. The Balaban J connectivity index is -0.00000000667. The minimum absolute atomic E-state index is 0. The van der Waals surface area contributed by atoms with Crippen molar-refractivity contribution >= 4 is 21.1 Å². The van der Waals surface area contributed by atoms with Gasteiger partial charge in [0.1, 0.15) is 0 Å². The normalized spacial score (nSPS) is 1.33. The molecule has 0 aliphatic carbocycles. The molecule has 6 heteroatoms. The second kappa shape index (κ2) is 29.9. The molecule has 0 saturated heterocycles. The van der Waals surface area contributed by atoms with Gasteiger partial charge in [-0.15, -0.1) is 0 Å². The third-order valence-corrected chi connectivity index (χ3v) is 0. The van der Waals surface area contributed by atoms with Crippen molar-refractivity contribution in [3.8, 4) is 0 Å². The van der Waals surface area contributed by atoms with Gasteiger partial charge in [0.2, 0.25) is 0 Å². The molecule has 0 aromatic carbocycles. The molecule has 4 nitrogen and oxygen atoms in total. The van der Waals surface area contributed by atoms with Crippen LogP contribution in [0.4, 0.5) is 0 Å². The molecule has 1 N–H and O–H groups in total. The Morgan fingerprint density at radius 2 is 1.17 bits per heavy atom. The molecule has 0 saturated carbocycles. The summed E-state index contributed by atoms with van der Waals surface area (Å²) in [5.74, 6) is 0. The van der Waals surface area contributed by atoms with E-state index in [-0.39, 0.29) is 52.7 Å². The van der Waals surface area contributed by atoms with Gasteiger partial charge in [-0.1, -0.05) is 0 Å². The summed E-state index contributed by atoms with van der Waals surface area (Å²) < 4.78 is 17.1. The van der Waals surface area contributed by atoms with Gasteiger partial charge in [-0.25, -0.2) is 0 Å². The van der Waals surface area contributed by atoms with E-state index >= 15 is 0 Å². The van der Waals surface area contributed by atoms with Crippen LogP contribution in [0.15, 0.2) is 0 Å². The third kappa shape index (κ3) is 43.7. The molecule has 0 aromatic heterocycles. The molecule has 33 valence electrons. The molecule has 0 atom stereocenters. The van der Waals surface area contributed by atoms with E-state index in [0.717, 1.165) is 0 Å². The monoisotopic (exact) mass is 325 g/mol. The maximum absolute atomic E-state index is 8.54. The topological polar surface area (TPSA) is 92.6 Å². The van der Waals surface area contributed by atoms with Crippen molar-refractivity contribution in [1.29, 1.82) is 0 Å². The van der Waals surface area contributed by atoms with Crippen LogP contribution < -0.4 is 0 Å². The van der Waals surface area contributed by atoms with Crippen molar-refractivity contribution in [2.75, 3.05) is 0 Å². The van der Waals surface area contributed by atoms with Gasteiger partial charge in [-0.05, 0) is 0 Å². The zero-order chi connectivity index (χ0) is 2.71. The van der Waals surface area contributed by atoms with E-state index in [1.165, 1.54) is 0 Å². The van der Waals surface area contributed by atoms with Crippen LogP contribution in [0, 0.1) is 41.7 Å². The van der Waals surface area contributed by atoms with Crippen molar-refractivity contribution in [3.05, 3.63) is 0 Å². The van der Waals surface area contributed by atoms with Crippen molar-refractivity contribution in [3.63, 3.8) is 0 Å². The molecule has 0 spiro atoms. The van der Waals surface area contributed by atoms with Crippen LogP contribution in [-0.2, 0) is 11.6 Å². The molecule has 0 amide bonds. The molecule has 0 bridgehead atoms. The third-order valence-electron chi connectivity index (χ3n) is 0. The molecule has 0 heterocycles. The molecule has 0 aromatic rings. The van der Waals surface area contributed by atoms with Crippen LogP contribution in [0.5, 0.6) is 0 Å². The molecule has 0 unspecified atom stereocenters. The van der Waals surface area contributed by atoms with Gasteiger partial charge < -0.3 is 11.0 Å². The van der Waals surface area contributed by atoms with E-state index in [1.807, 2.05) is 0 Å². The van der Waals surface area contributed by atoms with Gasteiger partial charge in [-0.3, -0.25) is 0 Å². The predicted molar refractivity (Wildman–Crippen MR) is 9.75 cm³/mol. The molecular formula is HCeO4Sn. The second-order valence-corrected chi connectivity index (χ2v) is 0.559. The molecule has 0 rings (SSSR count). The Bertz CT molecular complexity index is 28.5. The van der Waals surface area contributed by atoms with E-state index in [1.54, 1.807) is 0 Å². The van der Waals surface area contributed by atoms with E-state index in [0.29, 0.717) is 0 Å². The van der Waals surface area contributed by atoms with E-state index < -0.39 is 21.1 Å². The van der Waals surface area contributed by atoms with Crippen LogP contribution in [0.3, 0.4) is 0 Å². The van der Waals surface area contributed by atoms with Gasteiger partial charge in [0.25, 0.3) is 0 Å². The zero-order valence-electron chi connectivity index (χ0n) is 2.67. The summed E-state index contributed by atoms with van der Waals surface area (Å²) in [5, 5.41) is 0. The van der Waals surface area contributed by atoms with Gasteiger partial charge >= 0.3 is 69.0 Å². The summed E-state index contributed by atoms with van der Waals surface area (Å²) in [7, 11) is 0. The SMILES string of the molecule is [Ce+3].[O-2].[OH-].[O]=[Sn]=[O].